The van der Waals surface area contributed by atoms with E-state index in [9.17, 15) is 8.42 Å². The average Bonchev–Trinajstić information content (AvgIpc) is 2.45. The molecule has 4 nitrogen and oxygen atoms in total. The summed E-state index contributed by atoms with van der Waals surface area (Å²) in [5, 5.41) is 8.62. The summed E-state index contributed by atoms with van der Waals surface area (Å²) in [4.78, 5) is 0.262. The lowest BCUT2D eigenvalue weighted by Crippen LogP contribution is -2.31. The quantitative estimate of drug-likeness (QED) is 0.841. The molecular formula is C15H21NO3S. The average molecular weight is 295 g/mol. The van der Waals surface area contributed by atoms with Crippen molar-refractivity contribution in [2.24, 2.45) is 5.92 Å². The van der Waals surface area contributed by atoms with Gasteiger partial charge in [0.2, 0.25) is 10.0 Å². The van der Waals surface area contributed by atoms with Gasteiger partial charge in [0.1, 0.15) is 6.61 Å². The molecular weight excluding hydrogens is 274 g/mol. The van der Waals surface area contributed by atoms with Crippen LogP contribution in [0, 0.1) is 17.8 Å². The molecule has 5 heteroatoms. The fourth-order valence-corrected chi connectivity index (χ4v) is 2.99. The van der Waals surface area contributed by atoms with Crippen LogP contribution in [-0.2, 0) is 10.0 Å². The summed E-state index contributed by atoms with van der Waals surface area (Å²) in [5.41, 5.74) is 0.683. The first kappa shape index (κ1) is 16.7. The predicted octanol–water partition coefficient (Wildman–Crippen LogP) is 1.70. The van der Waals surface area contributed by atoms with Crippen LogP contribution in [-0.4, -0.2) is 38.0 Å². The molecule has 0 amide bonds. The molecule has 1 N–H and O–H groups in total. The zero-order chi connectivity index (χ0) is 15.2. The van der Waals surface area contributed by atoms with Gasteiger partial charge in [0.15, 0.2) is 0 Å². The van der Waals surface area contributed by atoms with Gasteiger partial charge in [-0.05, 0) is 30.2 Å². The maximum atomic E-state index is 12.4. The highest BCUT2D eigenvalue weighted by Crippen LogP contribution is 2.17. The van der Waals surface area contributed by atoms with E-state index >= 15 is 0 Å². The van der Waals surface area contributed by atoms with E-state index in [1.54, 1.807) is 31.3 Å². The number of rotatable bonds is 5. The largest absolute Gasteiger partial charge is 0.384 e. The van der Waals surface area contributed by atoms with E-state index in [0.717, 1.165) is 6.42 Å². The monoisotopic (exact) mass is 295 g/mol. The Morgan fingerprint density at radius 3 is 2.40 bits per heavy atom. The zero-order valence-electron chi connectivity index (χ0n) is 12.1. The highest BCUT2D eigenvalue weighted by Gasteiger charge is 2.21. The number of benzene rings is 1. The van der Waals surface area contributed by atoms with Gasteiger partial charge in [0, 0.05) is 19.2 Å². The Hall–Kier alpha value is -1.35. The molecule has 0 aliphatic rings. The molecule has 0 saturated heterocycles. The van der Waals surface area contributed by atoms with Gasteiger partial charge in [-0.1, -0.05) is 32.1 Å². The van der Waals surface area contributed by atoms with Crippen LogP contribution < -0.4 is 0 Å². The Morgan fingerprint density at radius 1 is 1.30 bits per heavy atom. The first-order chi connectivity index (χ1) is 9.41. The smallest absolute Gasteiger partial charge is 0.242 e. The Morgan fingerprint density at radius 2 is 1.90 bits per heavy atom. The van der Waals surface area contributed by atoms with Gasteiger partial charge in [-0.2, -0.15) is 0 Å². The molecule has 1 atom stereocenters. The molecule has 1 unspecified atom stereocenters. The Labute approximate surface area is 121 Å². The molecule has 0 saturated carbocycles. The molecule has 0 aliphatic carbocycles. The van der Waals surface area contributed by atoms with Gasteiger partial charge in [-0.15, -0.1) is 0 Å². The van der Waals surface area contributed by atoms with Crippen LogP contribution in [0.5, 0.6) is 0 Å². The minimum absolute atomic E-state index is 0.211. The normalized spacial score (nSPS) is 12.8. The van der Waals surface area contributed by atoms with Gasteiger partial charge in [0.05, 0.1) is 4.90 Å². The van der Waals surface area contributed by atoms with Crippen LogP contribution in [0.15, 0.2) is 29.2 Å². The number of nitrogens with zero attached hydrogens (tertiary/aromatic N) is 1. The van der Waals surface area contributed by atoms with Crippen LogP contribution >= 0.6 is 0 Å². The van der Waals surface area contributed by atoms with Crippen LogP contribution in [0.1, 0.15) is 25.8 Å². The third kappa shape index (κ3) is 4.34. The molecule has 20 heavy (non-hydrogen) atoms. The summed E-state index contributed by atoms with van der Waals surface area (Å²) in [5.74, 6) is 5.58. The van der Waals surface area contributed by atoms with Crippen molar-refractivity contribution in [3.05, 3.63) is 29.8 Å². The van der Waals surface area contributed by atoms with E-state index in [1.165, 1.54) is 4.31 Å². The van der Waals surface area contributed by atoms with Gasteiger partial charge in [0.25, 0.3) is 0 Å². The van der Waals surface area contributed by atoms with Crippen molar-refractivity contribution in [2.75, 3.05) is 20.2 Å². The Kier molecular flexibility index (Phi) is 6.21. The number of aliphatic hydroxyl groups excluding tert-OH is 1. The maximum Gasteiger partial charge on any atom is 0.242 e. The molecule has 1 rings (SSSR count). The highest BCUT2D eigenvalue weighted by atomic mass is 32.2. The lowest BCUT2D eigenvalue weighted by atomic mass is 10.1. The molecule has 0 aliphatic heterocycles. The number of sulfonamides is 1. The minimum Gasteiger partial charge on any atom is -0.384 e. The SMILES string of the molecule is CCC(C)CN(C)S(=O)(=O)c1ccc(C#CCO)cc1. The summed E-state index contributed by atoms with van der Waals surface area (Å²) in [7, 11) is -1.85. The third-order valence-electron chi connectivity index (χ3n) is 3.14. The van der Waals surface area contributed by atoms with E-state index in [2.05, 4.69) is 11.8 Å². The van der Waals surface area contributed by atoms with Gasteiger partial charge in [-0.25, -0.2) is 12.7 Å². The van der Waals surface area contributed by atoms with Crippen molar-refractivity contribution in [2.45, 2.75) is 25.2 Å². The van der Waals surface area contributed by atoms with Crippen molar-refractivity contribution in [1.29, 1.82) is 0 Å². The van der Waals surface area contributed by atoms with Crippen molar-refractivity contribution in [1.82, 2.24) is 4.31 Å². The summed E-state index contributed by atoms with van der Waals surface area (Å²) < 4.78 is 26.1. The highest BCUT2D eigenvalue weighted by molar-refractivity contribution is 7.89. The first-order valence-electron chi connectivity index (χ1n) is 6.58. The summed E-state index contributed by atoms with van der Waals surface area (Å²) in [6, 6.07) is 6.38. The van der Waals surface area contributed by atoms with E-state index < -0.39 is 10.0 Å². The molecule has 0 heterocycles. The predicted molar refractivity (Wildman–Crippen MR) is 79.7 cm³/mol. The van der Waals surface area contributed by atoms with E-state index in [0.29, 0.717) is 18.0 Å². The summed E-state index contributed by atoms with van der Waals surface area (Å²) in [6.45, 7) is 4.36. The standard InChI is InChI=1S/C15H21NO3S/c1-4-13(2)12-16(3)20(18,19)15-9-7-14(8-10-15)6-5-11-17/h7-10,13,17H,4,11-12H2,1-3H3. The lowest BCUT2D eigenvalue weighted by molar-refractivity contribution is 0.350. The van der Waals surface area contributed by atoms with Crippen LogP contribution in [0.2, 0.25) is 0 Å². The van der Waals surface area contributed by atoms with Crippen molar-refractivity contribution >= 4 is 10.0 Å². The second-order valence-electron chi connectivity index (χ2n) is 4.78. The third-order valence-corrected chi connectivity index (χ3v) is 4.98. The second kappa shape index (κ2) is 7.44. The molecule has 0 spiro atoms. The van der Waals surface area contributed by atoms with Crippen molar-refractivity contribution in [3.63, 3.8) is 0 Å². The molecule has 0 fully saturated rings. The van der Waals surface area contributed by atoms with Crippen LogP contribution in [0.25, 0.3) is 0 Å². The Balaban J connectivity index is 2.92. The molecule has 110 valence electrons. The van der Waals surface area contributed by atoms with Crippen LogP contribution in [0.3, 0.4) is 0 Å². The van der Waals surface area contributed by atoms with Gasteiger partial charge < -0.3 is 5.11 Å². The topological polar surface area (TPSA) is 57.6 Å². The fourth-order valence-electron chi connectivity index (χ4n) is 1.70. The molecule has 0 aromatic heterocycles. The van der Waals surface area contributed by atoms with Gasteiger partial charge in [-0.3, -0.25) is 0 Å². The zero-order valence-corrected chi connectivity index (χ0v) is 12.9. The second-order valence-corrected chi connectivity index (χ2v) is 6.83. The Bertz CT molecular complexity index is 582. The van der Waals surface area contributed by atoms with Crippen molar-refractivity contribution < 1.29 is 13.5 Å². The number of hydrogen-bond donors (Lipinski definition) is 1. The van der Waals surface area contributed by atoms with E-state index in [-0.39, 0.29) is 11.5 Å². The molecule has 1 aromatic carbocycles. The van der Waals surface area contributed by atoms with Crippen molar-refractivity contribution in [3.8, 4) is 11.8 Å². The van der Waals surface area contributed by atoms with E-state index in [4.69, 9.17) is 5.11 Å². The fraction of sp³-hybridized carbons (Fsp3) is 0.467. The number of aliphatic hydroxyl groups is 1. The van der Waals surface area contributed by atoms with Crippen LogP contribution in [0.4, 0.5) is 0 Å². The molecule has 0 radical (unpaired) electrons. The summed E-state index contributed by atoms with van der Waals surface area (Å²) >= 11 is 0. The molecule has 1 aromatic rings. The van der Waals surface area contributed by atoms with Gasteiger partial charge >= 0.3 is 0 Å². The molecule has 0 bridgehead atoms. The summed E-state index contributed by atoms with van der Waals surface area (Å²) in [6.07, 6.45) is 0.940. The lowest BCUT2D eigenvalue weighted by Gasteiger charge is -2.20. The maximum absolute atomic E-state index is 12.4. The number of hydrogen-bond acceptors (Lipinski definition) is 3. The first-order valence-corrected chi connectivity index (χ1v) is 8.02. The minimum atomic E-state index is -3.45. The van der Waals surface area contributed by atoms with E-state index in [1.807, 2.05) is 13.8 Å².